The molecule has 0 aromatic heterocycles. The van der Waals surface area contributed by atoms with Crippen LogP contribution in [0.4, 0.5) is 0 Å². The zero-order chi connectivity index (χ0) is 10.6. The molecule has 1 saturated carbocycles. The summed E-state index contributed by atoms with van der Waals surface area (Å²) in [5.41, 5.74) is 0. The van der Waals surface area contributed by atoms with Crippen LogP contribution in [0, 0.1) is 5.92 Å². The van der Waals surface area contributed by atoms with Crippen molar-refractivity contribution in [2.45, 2.75) is 45.6 Å². The van der Waals surface area contributed by atoms with Crippen molar-refractivity contribution in [3.8, 4) is 0 Å². The number of alkyl halides is 1. The smallest absolute Gasteiger partial charge is 0.225 e. The minimum Gasteiger partial charge on any atom is -0.339 e. The van der Waals surface area contributed by atoms with Gasteiger partial charge in [0.15, 0.2) is 0 Å². The number of hydrogen-bond acceptors (Lipinski definition) is 1. The van der Waals surface area contributed by atoms with Gasteiger partial charge in [-0.3, -0.25) is 4.79 Å². The van der Waals surface area contributed by atoms with Crippen LogP contribution >= 0.6 is 15.9 Å². The minimum atomic E-state index is 0.144. The Morgan fingerprint density at radius 3 is 2.50 bits per heavy atom. The third-order valence-electron chi connectivity index (χ3n) is 2.83. The molecule has 0 heterocycles. The van der Waals surface area contributed by atoms with Crippen molar-refractivity contribution in [1.29, 1.82) is 0 Å². The fourth-order valence-corrected chi connectivity index (χ4v) is 1.98. The summed E-state index contributed by atoms with van der Waals surface area (Å²) in [6, 6.07) is 0.545. The highest BCUT2D eigenvalue weighted by atomic mass is 79.9. The number of amides is 1. The van der Waals surface area contributed by atoms with Crippen molar-refractivity contribution in [2.24, 2.45) is 5.92 Å². The second-order valence-corrected chi connectivity index (χ2v) is 5.11. The second kappa shape index (κ2) is 5.74. The van der Waals surface area contributed by atoms with E-state index in [1.165, 1.54) is 19.3 Å². The summed E-state index contributed by atoms with van der Waals surface area (Å²) in [6.45, 7) is 4.90. The molecule has 1 fully saturated rings. The SMILES string of the molecule is CC(C)C(=O)N(CCCBr)C1CCC1. The Labute approximate surface area is 95.2 Å². The van der Waals surface area contributed by atoms with Crippen LogP contribution < -0.4 is 0 Å². The van der Waals surface area contributed by atoms with E-state index in [4.69, 9.17) is 0 Å². The van der Waals surface area contributed by atoms with E-state index >= 15 is 0 Å². The lowest BCUT2D eigenvalue weighted by Gasteiger charge is -2.38. The van der Waals surface area contributed by atoms with Crippen LogP contribution in [0.25, 0.3) is 0 Å². The van der Waals surface area contributed by atoms with Gasteiger partial charge >= 0.3 is 0 Å². The number of nitrogens with zero attached hydrogens (tertiary/aromatic N) is 1. The first kappa shape index (κ1) is 12.0. The van der Waals surface area contributed by atoms with E-state index in [1.54, 1.807) is 0 Å². The van der Waals surface area contributed by atoms with E-state index in [9.17, 15) is 4.79 Å². The number of rotatable bonds is 5. The van der Waals surface area contributed by atoms with E-state index in [0.29, 0.717) is 11.9 Å². The minimum absolute atomic E-state index is 0.144. The van der Waals surface area contributed by atoms with Crippen LogP contribution in [-0.2, 0) is 4.79 Å². The van der Waals surface area contributed by atoms with E-state index < -0.39 is 0 Å². The Morgan fingerprint density at radius 2 is 2.14 bits per heavy atom. The highest BCUT2D eigenvalue weighted by Crippen LogP contribution is 2.26. The van der Waals surface area contributed by atoms with Gasteiger partial charge in [-0.1, -0.05) is 29.8 Å². The molecule has 1 rings (SSSR count). The van der Waals surface area contributed by atoms with Crippen molar-refractivity contribution in [2.75, 3.05) is 11.9 Å². The predicted molar refractivity (Wildman–Crippen MR) is 62.6 cm³/mol. The molecule has 1 aliphatic rings. The maximum Gasteiger partial charge on any atom is 0.225 e. The highest BCUT2D eigenvalue weighted by molar-refractivity contribution is 9.09. The molecule has 0 bridgehead atoms. The molecule has 82 valence electrons. The normalized spacial score (nSPS) is 16.9. The Hall–Kier alpha value is -0.0500. The summed E-state index contributed by atoms with van der Waals surface area (Å²) in [6.07, 6.45) is 4.78. The average molecular weight is 262 g/mol. The summed E-state index contributed by atoms with van der Waals surface area (Å²) in [5.74, 6) is 0.474. The fourth-order valence-electron chi connectivity index (χ4n) is 1.73. The lowest BCUT2D eigenvalue weighted by atomic mass is 9.90. The first-order valence-corrected chi connectivity index (χ1v) is 6.65. The summed E-state index contributed by atoms with van der Waals surface area (Å²) in [7, 11) is 0. The number of halogens is 1. The molecule has 0 aromatic rings. The van der Waals surface area contributed by atoms with Crippen LogP contribution in [0.2, 0.25) is 0 Å². The van der Waals surface area contributed by atoms with Gasteiger partial charge in [0.25, 0.3) is 0 Å². The van der Waals surface area contributed by atoms with Crippen LogP contribution in [0.5, 0.6) is 0 Å². The largest absolute Gasteiger partial charge is 0.339 e. The number of carbonyl (C=O) groups excluding carboxylic acids is 1. The fraction of sp³-hybridized carbons (Fsp3) is 0.909. The summed E-state index contributed by atoms with van der Waals surface area (Å²) >= 11 is 3.42. The van der Waals surface area contributed by atoms with Gasteiger partial charge in [-0.2, -0.15) is 0 Å². The monoisotopic (exact) mass is 261 g/mol. The van der Waals surface area contributed by atoms with Crippen molar-refractivity contribution < 1.29 is 4.79 Å². The van der Waals surface area contributed by atoms with Crippen LogP contribution in [0.15, 0.2) is 0 Å². The van der Waals surface area contributed by atoms with Gasteiger partial charge in [0, 0.05) is 23.8 Å². The third kappa shape index (κ3) is 2.97. The number of carbonyl (C=O) groups is 1. The van der Waals surface area contributed by atoms with Crippen LogP contribution in [0.1, 0.15) is 39.5 Å². The molecule has 1 amide bonds. The second-order valence-electron chi connectivity index (χ2n) is 4.31. The lowest BCUT2D eigenvalue weighted by Crippen LogP contribution is -2.46. The summed E-state index contributed by atoms with van der Waals surface area (Å²) in [5, 5.41) is 0.988. The summed E-state index contributed by atoms with van der Waals surface area (Å²) < 4.78 is 0. The van der Waals surface area contributed by atoms with Gasteiger partial charge in [-0.05, 0) is 25.7 Å². The molecule has 0 spiro atoms. The maximum absolute atomic E-state index is 11.9. The Bertz CT molecular complexity index is 190. The molecule has 14 heavy (non-hydrogen) atoms. The first-order valence-electron chi connectivity index (χ1n) is 5.53. The zero-order valence-corrected chi connectivity index (χ0v) is 10.7. The van der Waals surface area contributed by atoms with Crippen LogP contribution in [0.3, 0.4) is 0 Å². The predicted octanol–water partition coefficient (Wildman–Crippen LogP) is 2.81. The van der Waals surface area contributed by atoms with E-state index in [2.05, 4.69) is 20.8 Å². The highest BCUT2D eigenvalue weighted by Gasteiger charge is 2.29. The van der Waals surface area contributed by atoms with Gasteiger partial charge in [-0.25, -0.2) is 0 Å². The van der Waals surface area contributed by atoms with E-state index in [1.807, 2.05) is 13.8 Å². The van der Waals surface area contributed by atoms with Crippen LogP contribution in [-0.4, -0.2) is 28.7 Å². The molecular weight excluding hydrogens is 242 g/mol. The third-order valence-corrected chi connectivity index (χ3v) is 3.39. The molecule has 0 saturated heterocycles. The molecule has 0 unspecified atom stereocenters. The molecule has 0 aromatic carbocycles. The molecular formula is C11H20BrNO. The Morgan fingerprint density at radius 1 is 1.50 bits per heavy atom. The first-order chi connectivity index (χ1) is 6.66. The molecule has 2 nitrogen and oxygen atoms in total. The Kier molecular flexibility index (Phi) is 4.93. The van der Waals surface area contributed by atoms with Gasteiger partial charge < -0.3 is 4.90 Å². The standard InChI is InChI=1S/C11H20BrNO/c1-9(2)11(14)13(8-4-7-12)10-5-3-6-10/h9-10H,3-8H2,1-2H3. The molecule has 0 radical (unpaired) electrons. The molecule has 0 atom stereocenters. The number of hydrogen-bond donors (Lipinski definition) is 0. The summed E-state index contributed by atoms with van der Waals surface area (Å²) in [4.78, 5) is 14.0. The molecule has 1 aliphatic carbocycles. The van der Waals surface area contributed by atoms with E-state index in [-0.39, 0.29) is 5.92 Å². The van der Waals surface area contributed by atoms with Gasteiger partial charge in [0.1, 0.15) is 0 Å². The topological polar surface area (TPSA) is 20.3 Å². The maximum atomic E-state index is 11.9. The van der Waals surface area contributed by atoms with Crippen molar-refractivity contribution in [3.63, 3.8) is 0 Å². The molecule has 0 aliphatic heterocycles. The van der Waals surface area contributed by atoms with Crippen molar-refractivity contribution in [1.82, 2.24) is 4.90 Å². The average Bonchev–Trinajstić information content (AvgIpc) is 2.07. The molecule has 0 N–H and O–H groups in total. The van der Waals surface area contributed by atoms with Gasteiger partial charge in [0.2, 0.25) is 5.91 Å². The van der Waals surface area contributed by atoms with Crippen molar-refractivity contribution >= 4 is 21.8 Å². The van der Waals surface area contributed by atoms with Gasteiger partial charge in [-0.15, -0.1) is 0 Å². The van der Waals surface area contributed by atoms with E-state index in [0.717, 1.165) is 18.3 Å². The Balaban J connectivity index is 2.46. The quantitative estimate of drug-likeness (QED) is 0.698. The van der Waals surface area contributed by atoms with Gasteiger partial charge in [0.05, 0.1) is 0 Å². The lowest BCUT2D eigenvalue weighted by molar-refractivity contribution is -0.138. The van der Waals surface area contributed by atoms with Crippen molar-refractivity contribution in [3.05, 3.63) is 0 Å². The molecule has 3 heteroatoms. The zero-order valence-electron chi connectivity index (χ0n) is 9.13.